The number of carbonyl (C=O) groups excluding carboxylic acids is 2. The Morgan fingerprint density at radius 3 is 2.61 bits per heavy atom. The van der Waals surface area contributed by atoms with Gasteiger partial charge in [-0.3, -0.25) is 9.59 Å². The van der Waals surface area contributed by atoms with Crippen LogP contribution in [0.2, 0.25) is 0 Å². The van der Waals surface area contributed by atoms with Crippen LogP contribution in [0, 0.1) is 11.6 Å². The predicted molar refractivity (Wildman–Crippen MR) is 116 cm³/mol. The fourth-order valence-corrected chi connectivity index (χ4v) is 6.40. The van der Waals surface area contributed by atoms with Gasteiger partial charge >= 0.3 is 5.97 Å². The number of aromatic nitrogens is 1. The fourth-order valence-electron chi connectivity index (χ4n) is 3.70. The quantitative estimate of drug-likeness (QED) is 0.507. The lowest BCUT2D eigenvalue weighted by molar-refractivity contribution is -0.141. The zero-order valence-corrected chi connectivity index (χ0v) is 19.0. The fraction of sp³-hybridized carbons (Fsp3) is 0.286. The van der Waals surface area contributed by atoms with E-state index >= 15 is 0 Å². The lowest BCUT2D eigenvalue weighted by Crippen LogP contribution is -2.40. The number of hydrogen-bond acceptors (Lipinski definition) is 6. The molecule has 0 aliphatic carbocycles. The molecule has 2 aromatic carbocycles. The van der Waals surface area contributed by atoms with Crippen LogP contribution in [0.5, 0.6) is 0 Å². The van der Waals surface area contributed by atoms with Crippen molar-refractivity contribution in [1.29, 1.82) is 0 Å². The molecule has 2 heterocycles. The highest BCUT2D eigenvalue weighted by Gasteiger charge is 2.39. The molecule has 0 saturated carbocycles. The number of para-hydroxylation sites is 1. The van der Waals surface area contributed by atoms with E-state index in [1.807, 2.05) is 0 Å². The molecule has 12 heteroatoms. The highest BCUT2D eigenvalue weighted by Crippen LogP contribution is 2.27. The van der Waals surface area contributed by atoms with Gasteiger partial charge in [-0.1, -0.05) is 17.4 Å². The first kappa shape index (κ1) is 23.2. The molecule has 1 unspecified atom stereocenters. The summed E-state index contributed by atoms with van der Waals surface area (Å²) >= 11 is 1.00. The molecule has 33 heavy (non-hydrogen) atoms. The van der Waals surface area contributed by atoms with Gasteiger partial charge in [0, 0.05) is 6.54 Å². The Kier molecular flexibility index (Phi) is 6.41. The van der Waals surface area contributed by atoms with E-state index in [2.05, 4.69) is 9.73 Å². The van der Waals surface area contributed by atoms with Crippen molar-refractivity contribution in [2.45, 2.75) is 30.3 Å². The number of sulfonamides is 1. The molecule has 0 spiro atoms. The van der Waals surface area contributed by atoms with Gasteiger partial charge in [0.15, 0.2) is 4.80 Å². The van der Waals surface area contributed by atoms with Crippen molar-refractivity contribution in [1.82, 2.24) is 8.87 Å². The van der Waals surface area contributed by atoms with E-state index in [1.165, 1.54) is 23.8 Å². The number of hydrogen-bond donors (Lipinski definition) is 0. The third kappa shape index (κ3) is 4.45. The molecule has 1 atom stereocenters. The minimum Gasteiger partial charge on any atom is -0.468 e. The number of benzene rings is 2. The van der Waals surface area contributed by atoms with Crippen molar-refractivity contribution in [2.24, 2.45) is 4.99 Å². The molecule has 0 bridgehead atoms. The van der Waals surface area contributed by atoms with Crippen LogP contribution in [0.4, 0.5) is 8.78 Å². The van der Waals surface area contributed by atoms with Gasteiger partial charge in [-0.25, -0.2) is 17.2 Å². The molecule has 1 aliphatic heterocycles. The molecule has 0 radical (unpaired) electrons. The Balaban J connectivity index is 1.74. The van der Waals surface area contributed by atoms with Gasteiger partial charge in [0.1, 0.15) is 24.2 Å². The maximum absolute atomic E-state index is 14.5. The maximum atomic E-state index is 14.5. The second-order valence-corrected chi connectivity index (χ2v) is 10.2. The molecule has 1 fully saturated rings. The summed E-state index contributed by atoms with van der Waals surface area (Å²) in [6, 6.07) is 7.63. The first-order valence-corrected chi connectivity index (χ1v) is 12.2. The van der Waals surface area contributed by atoms with Crippen molar-refractivity contribution >= 4 is 43.5 Å². The molecule has 1 amide bonds. The second kappa shape index (κ2) is 9.12. The van der Waals surface area contributed by atoms with E-state index in [0.29, 0.717) is 11.1 Å². The molecule has 174 valence electrons. The van der Waals surface area contributed by atoms with Gasteiger partial charge in [-0.05, 0) is 49.2 Å². The normalized spacial score (nSPS) is 17.5. The first-order chi connectivity index (χ1) is 15.7. The summed E-state index contributed by atoms with van der Waals surface area (Å²) in [7, 11) is -2.87. The molecule has 8 nitrogen and oxygen atoms in total. The molecule has 4 rings (SSSR count). The molecular formula is C21H19F2N3O5S2. The van der Waals surface area contributed by atoms with Crippen molar-refractivity contribution in [3.8, 4) is 0 Å². The smallest absolute Gasteiger partial charge is 0.325 e. The highest BCUT2D eigenvalue weighted by molar-refractivity contribution is 7.89. The number of fused-ring (bicyclic) bond motifs is 1. The summed E-state index contributed by atoms with van der Waals surface area (Å²) in [6.07, 6.45) is 0.689. The van der Waals surface area contributed by atoms with Gasteiger partial charge in [-0.15, -0.1) is 0 Å². The molecule has 0 N–H and O–H groups in total. The first-order valence-electron chi connectivity index (χ1n) is 9.93. The van der Waals surface area contributed by atoms with Gasteiger partial charge in [0.2, 0.25) is 10.0 Å². The zero-order valence-electron chi connectivity index (χ0n) is 17.4. The summed E-state index contributed by atoms with van der Waals surface area (Å²) in [6.45, 7) is -0.263. The highest BCUT2D eigenvalue weighted by atomic mass is 32.2. The van der Waals surface area contributed by atoms with Crippen LogP contribution >= 0.6 is 11.3 Å². The number of ether oxygens (including phenoxy) is 1. The summed E-state index contributed by atoms with van der Waals surface area (Å²) < 4.78 is 61.2. The van der Waals surface area contributed by atoms with E-state index in [-0.39, 0.29) is 34.7 Å². The monoisotopic (exact) mass is 495 g/mol. The third-order valence-corrected chi connectivity index (χ3v) is 8.25. The van der Waals surface area contributed by atoms with Gasteiger partial charge in [0.05, 0.1) is 22.2 Å². The van der Waals surface area contributed by atoms with Crippen LogP contribution in [0.25, 0.3) is 10.2 Å². The zero-order chi connectivity index (χ0) is 23.8. The van der Waals surface area contributed by atoms with Crippen LogP contribution in [-0.2, 0) is 30.9 Å². The molecule has 3 aromatic rings. The Labute approximate surface area is 191 Å². The van der Waals surface area contributed by atoms with E-state index in [0.717, 1.165) is 39.9 Å². The van der Waals surface area contributed by atoms with Crippen LogP contribution in [0.1, 0.15) is 12.8 Å². The van der Waals surface area contributed by atoms with Gasteiger partial charge < -0.3 is 9.30 Å². The van der Waals surface area contributed by atoms with Crippen LogP contribution in [0.15, 0.2) is 52.4 Å². The topological polar surface area (TPSA) is 98.0 Å². The van der Waals surface area contributed by atoms with E-state index in [1.54, 1.807) is 6.07 Å². The average molecular weight is 496 g/mol. The van der Waals surface area contributed by atoms with Gasteiger partial charge in [-0.2, -0.15) is 9.30 Å². The van der Waals surface area contributed by atoms with Gasteiger partial charge in [0.25, 0.3) is 5.91 Å². The average Bonchev–Trinajstić information content (AvgIpc) is 3.41. The standard InChI is InChI=1S/C21H19F2N3O5S2/c1-31-18(27)12-25-19-15(23)4-2-6-17(19)32-21(25)24-20(28)16-5-3-11-26(16)33(29,30)14-9-7-13(22)8-10-14/h2,4,6-10,16H,3,5,11-12H2,1H3. The number of nitrogens with zero attached hydrogens (tertiary/aromatic N) is 3. The lowest BCUT2D eigenvalue weighted by Gasteiger charge is -2.21. The van der Waals surface area contributed by atoms with Crippen molar-refractivity contribution in [2.75, 3.05) is 13.7 Å². The number of halogens is 2. The van der Waals surface area contributed by atoms with Crippen molar-refractivity contribution < 1.29 is 31.5 Å². The van der Waals surface area contributed by atoms with Crippen LogP contribution in [-0.4, -0.2) is 48.9 Å². The van der Waals surface area contributed by atoms with Crippen LogP contribution in [0.3, 0.4) is 0 Å². The summed E-state index contributed by atoms with van der Waals surface area (Å²) in [4.78, 5) is 29.0. The Morgan fingerprint density at radius 2 is 1.91 bits per heavy atom. The minimum absolute atomic E-state index is 0.0523. The molecule has 1 saturated heterocycles. The maximum Gasteiger partial charge on any atom is 0.325 e. The van der Waals surface area contributed by atoms with E-state index in [4.69, 9.17) is 0 Å². The Morgan fingerprint density at radius 1 is 1.18 bits per heavy atom. The lowest BCUT2D eigenvalue weighted by atomic mass is 10.2. The second-order valence-electron chi connectivity index (χ2n) is 7.31. The Hall–Kier alpha value is -2.96. The number of esters is 1. The van der Waals surface area contributed by atoms with Crippen LogP contribution < -0.4 is 4.80 Å². The SMILES string of the molecule is COC(=O)Cn1c(=NC(=O)C2CCCN2S(=O)(=O)c2ccc(F)cc2)sc2cccc(F)c21. The minimum atomic E-state index is -4.06. The molecular weight excluding hydrogens is 476 g/mol. The summed E-state index contributed by atoms with van der Waals surface area (Å²) in [5.41, 5.74) is 0.0988. The summed E-state index contributed by atoms with van der Waals surface area (Å²) in [5.74, 6) is -2.56. The molecule has 1 aromatic heterocycles. The van der Waals surface area contributed by atoms with E-state index in [9.17, 15) is 26.8 Å². The Bertz CT molecular complexity index is 1400. The number of methoxy groups -OCH3 is 1. The number of carbonyl (C=O) groups is 2. The number of thiazole rings is 1. The molecule has 1 aliphatic rings. The predicted octanol–water partition coefficient (Wildman–Crippen LogP) is 2.43. The van der Waals surface area contributed by atoms with Crippen molar-refractivity contribution in [3.05, 3.63) is 58.9 Å². The number of rotatable bonds is 5. The van der Waals surface area contributed by atoms with E-state index < -0.39 is 39.6 Å². The largest absolute Gasteiger partial charge is 0.468 e. The third-order valence-electron chi connectivity index (χ3n) is 5.28. The van der Waals surface area contributed by atoms with Crippen molar-refractivity contribution in [3.63, 3.8) is 0 Å². The number of amides is 1. The summed E-state index contributed by atoms with van der Waals surface area (Å²) in [5, 5.41) is 0.